The molecule has 0 aliphatic heterocycles. The van der Waals surface area contributed by atoms with Gasteiger partial charge in [0.05, 0.1) is 6.54 Å². The first-order valence-corrected chi connectivity index (χ1v) is 6.87. The second-order valence-electron chi connectivity index (χ2n) is 5.45. The Hall–Kier alpha value is -1.88. The van der Waals surface area contributed by atoms with Crippen molar-refractivity contribution in [1.29, 1.82) is 0 Å². The van der Waals surface area contributed by atoms with Gasteiger partial charge in [-0.3, -0.25) is 15.0 Å². The molecule has 0 atom stereocenters. The number of hydrogen-bond donors (Lipinski definition) is 2. The van der Waals surface area contributed by atoms with Gasteiger partial charge in [-0.15, -0.1) is 0 Å². The molecule has 3 amide bonds. The molecule has 5 heteroatoms. The van der Waals surface area contributed by atoms with Gasteiger partial charge in [0, 0.05) is 12.6 Å². The molecule has 1 aliphatic carbocycles. The molecular weight excluding hydrogens is 254 g/mol. The quantitative estimate of drug-likeness (QED) is 0.854. The Balaban J connectivity index is 1.72. The summed E-state index contributed by atoms with van der Waals surface area (Å²) >= 11 is 0. The monoisotopic (exact) mass is 275 g/mol. The number of urea groups is 1. The fourth-order valence-electron chi connectivity index (χ4n) is 1.92. The highest BCUT2D eigenvalue weighted by Crippen LogP contribution is 2.18. The second kappa shape index (κ2) is 6.52. The fraction of sp³-hybridized carbons (Fsp3) is 0.467. The molecule has 0 bridgehead atoms. The standard InChI is InChI=1S/C15H21N3O2/c1-11-3-5-12(6-4-11)9-18(2)10-14(19)17-15(20)16-13-7-8-13/h3-6,13H,7-10H2,1-2H3,(H2,16,17,19,20). The van der Waals surface area contributed by atoms with Crippen LogP contribution in [-0.4, -0.2) is 36.5 Å². The SMILES string of the molecule is Cc1ccc(CN(C)CC(=O)NC(=O)NC2CC2)cc1. The Labute approximate surface area is 119 Å². The first-order valence-electron chi connectivity index (χ1n) is 6.87. The maximum absolute atomic E-state index is 11.7. The van der Waals surface area contributed by atoms with Crippen LogP contribution < -0.4 is 10.6 Å². The zero-order valence-electron chi connectivity index (χ0n) is 12.0. The van der Waals surface area contributed by atoms with Gasteiger partial charge in [0.2, 0.25) is 5.91 Å². The van der Waals surface area contributed by atoms with Gasteiger partial charge >= 0.3 is 6.03 Å². The van der Waals surface area contributed by atoms with Crippen LogP contribution in [0.1, 0.15) is 24.0 Å². The van der Waals surface area contributed by atoms with Crippen molar-refractivity contribution in [1.82, 2.24) is 15.5 Å². The van der Waals surface area contributed by atoms with Gasteiger partial charge in [-0.25, -0.2) is 4.79 Å². The fourth-order valence-corrected chi connectivity index (χ4v) is 1.92. The lowest BCUT2D eigenvalue weighted by Crippen LogP contribution is -2.44. The van der Waals surface area contributed by atoms with E-state index >= 15 is 0 Å². The van der Waals surface area contributed by atoms with Gasteiger partial charge in [0.15, 0.2) is 0 Å². The molecule has 2 rings (SSSR count). The van der Waals surface area contributed by atoms with Gasteiger partial charge in [-0.1, -0.05) is 29.8 Å². The van der Waals surface area contributed by atoms with Crippen molar-refractivity contribution in [3.05, 3.63) is 35.4 Å². The van der Waals surface area contributed by atoms with E-state index in [9.17, 15) is 9.59 Å². The molecule has 5 nitrogen and oxygen atoms in total. The summed E-state index contributed by atoms with van der Waals surface area (Å²) in [5, 5.41) is 5.07. The Morgan fingerprint density at radius 2 is 1.90 bits per heavy atom. The largest absolute Gasteiger partial charge is 0.335 e. The van der Waals surface area contributed by atoms with Crippen LogP contribution in [0.2, 0.25) is 0 Å². The first kappa shape index (κ1) is 14.5. The number of carbonyl (C=O) groups excluding carboxylic acids is 2. The van der Waals surface area contributed by atoms with Crippen molar-refractivity contribution < 1.29 is 9.59 Å². The third kappa shape index (κ3) is 5.01. The smallest absolute Gasteiger partial charge is 0.321 e. The summed E-state index contributed by atoms with van der Waals surface area (Å²) in [5.74, 6) is -0.280. The molecule has 1 fully saturated rings. The lowest BCUT2D eigenvalue weighted by atomic mass is 10.1. The lowest BCUT2D eigenvalue weighted by Gasteiger charge is -2.16. The van der Waals surface area contributed by atoms with Gasteiger partial charge in [0.1, 0.15) is 0 Å². The third-order valence-electron chi connectivity index (χ3n) is 3.15. The predicted octanol–water partition coefficient (Wildman–Crippen LogP) is 1.42. The van der Waals surface area contributed by atoms with Crippen LogP contribution in [-0.2, 0) is 11.3 Å². The van der Waals surface area contributed by atoms with E-state index in [0.717, 1.165) is 18.4 Å². The van der Waals surface area contributed by atoms with E-state index in [1.165, 1.54) is 5.56 Å². The molecule has 0 spiro atoms. The van der Waals surface area contributed by atoms with Gasteiger partial charge in [-0.05, 0) is 32.4 Å². The third-order valence-corrected chi connectivity index (χ3v) is 3.15. The van der Waals surface area contributed by atoms with Crippen LogP contribution >= 0.6 is 0 Å². The minimum absolute atomic E-state index is 0.200. The topological polar surface area (TPSA) is 61.4 Å². The highest BCUT2D eigenvalue weighted by Gasteiger charge is 2.23. The minimum atomic E-state index is -0.388. The average molecular weight is 275 g/mol. The van der Waals surface area contributed by atoms with Crippen LogP contribution in [0.5, 0.6) is 0 Å². The van der Waals surface area contributed by atoms with Crippen LogP contribution in [0.3, 0.4) is 0 Å². The van der Waals surface area contributed by atoms with Crippen LogP contribution in [0, 0.1) is 6.92 Å². The van der Waals surface area contributed by atoms with E-state index < -0.39 is 0 Å². The van der Waals surface area contributed by atoms with Crippen LogP contribution in [0.4, 0.5) is 4.79 Å². The number of amides is 3. The molecule has 2 N–H and O–H groups in total. The van der Waals surface area contributed by atoms with E-state index in [0.29, 0.717) is 6.54 Å². The first-order chi connectivity index (χ1) is 9.52. The number of carbonyl (C=O) groups is 2. The second-order valence-corrected chi connectivity index (χ2v) is 5.45. The minimum Gasteiger partial charge on any atom is -0.335 e. The maximum Gasteiger partial charge on any atom is 0.321 e. The number of nitrogens with zero attached hydrogens (tertiary/aromatic N) is 1. The molecule has 1 saturated carbocycles. The number of rotatable bonds is 5. The van der Waals surface area contributed by atoms with Crippen molar-refractivity contribution in [2.24, 2.45) is 0 Å². The molecule has 0 aromatic heterocycles. The summed E-state index contributed by atoms with van der Waals surface area (Å²) < 4.78 is 0. The number of aryl methyl sites for hydroxylation is 1. The molecular formula is C15H21N3O2. The summed E-state index contributed by atoms with van der Waals surface area (Å²) in [6.07, 6.45) is 2.02. The Morgan fingerprint density at radius 1 is 1.25 bits per heavy atom. The number of benzene rings is 1. The van der Waals surface area contributed by atoms with Crippen molar-refractivity contribution in [3.8, 4) is 0 Å². The van der Waals surface area contributed by atoms with Crippen LogP contribution in [0.15, 0.2) is 24.3 Å². The van der Waals surface area contributed by atoms with Crippen molar-refractivity contribution >= 4 is 11.9 Å². The van der Waals surface area contributed by atoms with E-state index in [2.05, 4.69) is 10.6 Å². The molecule has 0 saturated heterocycles. The molecule has 20 heavy (non-hydrogen) atoms. The summed E-state index contributed by atoms with van der Waals surface area (Å²) in [4.78, 5) is 25.0. The van der Waals surface area contributed by atoms with Gasteiger partial charge in [-0.2, -0.15) is 0 Å². The summed E-state index contributed by atoms with van der Waals surface area (Å²) in [6, 6.07) is 8.06. The van der Waals surface area contributed by atoms with Crippen LogP contribution in [0.25, 0.3) is 0 Å². The van der Waals surface area contributed by atoms with Crippen molar-refractivity contribution in [3.63, 3.8) is 0 Å². The highest BCUT2D eigenvalue weighted by atomic mass is 16.2. The number of likely N-dealkylation sites (N-methyl/N-ethyl adjacent to an activating group) is 1. The van der Waals surface area contributed by atoms with E-state index in [4.69, 9.17) is 0 Å². The van der Waals surface area contributed by atoms with E-state index in [1.807, 2.05) is 43.1 Å². The Bertz CT molecular complexity index is 480. The zero-order valence-corrected chi connectivity index (χ0v) is 12.0. The lowest BCUT2D eigenvalue weighted by molar-refractivity contribution is -0.120. The molecule has 0 heterocycles. The van der Waals surface area contributed by atoms with Gasteiger partial charge < -0.3 is 5.32 Å². The molecule has 108 valence electrons. The normalized spacial score (nSPS) is 14.2. The number of nitrogens with one attached hydrogen (secondary N) is 2. The summed E-state index contributed by atoms with van der Waals surface area (Å²) in [5.41, 5.74) is 2.36. The van der Waals surface area contributed by atoms with Crippen molar-refractivity contribution in [2.75, 3.05) is 13.6 Å². The Kier molecular flexibility index (Phi) is 4.74. The van der Waals surface area contributed by atoms with E-state index in [1.54, 1.807) is 0 Å². The molecule has 1 aromatic carbocycles. The van der Waals surface area contributed by atoms with Crippen molar-refractivity contribution in [2.45, 2.75) is 32.4 Å². The number of imide groups is 1. The summed E-state index contributed by atoms with van der Waals surface area (Å²) in [7, 11) is 1.86. The van der Waals surface area contributed by atoms with Gasteiger partial charge in [0.25, 0.3) is 0 Å². The molecule has 0 unspecified atom stereocenters. The molecule has 0 radical (unpaired) electrons. The number of hydrogen-bond acceptors (Lipinski definition) is 3. The zero-order chi connectivity index (χ0) is 14.5. The Morgan fingerprint density at radius 3 is 2.50 bits per heavy atom. The highest BCUT2D eigenvalue weighted by molar-refractivity contribution is 5.95. The maximum atomic E-state index is 11.7. The average Bonchev–Trinajstić information content (AvgIpc) is 3.15. The van der Waals surface area contributed by atoms with E-state index in [-0.39, 0.29) is 24.5 Å². The molecule has 1 aromatic rings. The summed E-state index contributed by atoms with van der Waals surface area (Å²) in [6.45, 7) is 2.92. The predicted molar refractivity (Wildman–Crippen MR) is 77.2 cm³/mol. The molecule has 1 aliphatic rings.